The number of hydrogen-bond donors (Lipinski definition) is 1. The third kappa shape index (κ3) is 2.86. The first-order valence-electron chi connectivity index (χ1n) is 6.97. The van der Waals surface area contributed by atoms with E-state index >= 15 is 0 Å². The molecule has 1 spiro atoms. The Labute approximate surface area is 123 Å². The largest absolute Gasteiger partial charge is 0.347 e. The zero-order chi connectivity index (χ0) is 14.0. The van der Waals surface area contributed by atoms with Crippen LogP contribution in [0.15, 0.2) is 23.7 Å². The van der Waals surface area contributed by atoms with Crippen molar-refractivity contribution >= 4 is 17.4 Å². The van der Waals surface area contributed by atoms with Gasteiger partial charge in [0, 0.05) is 30.3 Å². The van der Waals surface area contributed by atoms with Gasteiger partial charge in [0.2, 0.25) is 0 Å². The van der Waals surface area contributed by atoms with Crippen molar-refractivity contribution < 1.29 is 9.47 Å². The van der Waals surface area contributed by atoms with Crippen LogP contribution in [0.2, 0.25) is 0 Å². The molecule has 2 saturated heterocycles. The van der Waals surface area contributed by atoms with Crippen LogP contribution in [-0.2, 0) is 9.47 Å². The van der Waals surface area contributed by atoms with Crippen molar-refractivity contribution in [3.63, 3.8) is 0 Å². The molecule has 4 nitrogen and oxygen atoms in total. The standard InChI is InChI=1S/C15H20N2O2S/c1-11(3-4-14-12(2)17-10-20-14)13-9-15(5-6-16-13)18-7-8-19-15/h3-4,10,13,16H,1,5-9H2,2H3/b4-3-/t13-/m0/s1. The summed E-state index contributed by atoms with van der Waals surface area (Å²) in [5, 5.41) is 3.49. The van der Waals surface area contributed by atoms with E-state index in [1.165, 1.54) is 4.88 Å². The van der Waals surface area contributed by atoms with E-state index in [9.17, 15) is 0 Å². The summed E-state index contributed by atoms with van der Waals surface area (Å²) in [7, 11) is 0. The molecule has 0 aromatic carbocycles. The van der Waals surface area contributed by atoms with Gasteiger partial charge in [-0.25, -0.2) is 4.98 Å². The van der Waals surface area contributed by atoms with Crippen LogP contribution in [0.4, 0.5) is 0 Å². The number of thiazole rings is 1. The molecule has 0 amide bonds. The molecule has 1 N–H and O–H groups in total. The summed E-state index contributed by atoms with van der Waals surface area (Å²) in [4.78, 5) is 5.43. The lowest BCUT2D eigenvalue weighted by atomic mass is 9.93. The van der Waals surface area contributed by atoms with Crippen molar-refractivity contribution in [3.05, 3.63) is 34.3 Å². The van der Waals surface area contributed by atoms with E-state index in [1.807, 2.05) is 12.4 Å². The van der Waals surface area contributed by atoms with Gasteiger partial charge in [0.15, 0.2) is 5.79 Å². The Hall–Kier alpha value is -1.01. The van der Waals surface area contributed by atoms with Crippen LogP contribution < -0.4 is 5.32 Å². The summed E-state index contributed by atoms with van der Waals surface area (Å²) in [5.41, 5.74) is 4.00. The van der Waals surface area contributed by atoms with Gasteiger partial charge >= 0.3 is 0 Å². The molecule has 2 aliphatic heterocycles. The maximum atomic E-state index is 5.80. The highest BCUT2D eigenvalue weighted by molar-refractivity contribution is 7.10. The summed E-state index contributed by atoms with van der Waals surface area (Å²) in [5.74, 6) is -0.382. The van der Waals surface area contributed by atoms with Gasteiger partial charge in [-0.2, -0.15) is 0 Å². The van der Waals surface area contributed by atoms with E-state index in [1.54, 1.807) is 11.3 Å². The zero-order valence-electron chi connectivity index (χ0n) is 11.7. The minimum atomic E-state index is -0.382. The molecule has 1 aromatic rings. The minimum absolute atomic E-state index is 0.214. The highest BCUT2D eigenvalue weighted by Crippen LogP contribution is 2.33. The smallest absolute Gasteiger partial charge is 0.171 e. The fraction of sp³-hybridized carbons (Fsp3) is 0.533. The van der Waals surface area contributed by atoms with Crippen molar-refractivity contribution in [1.29, 1.82) is 0 Å². The Bertz CT molecular complexity index is 518. The lowest BCUT2D eigenvalue weighted by Crippen LogP contribution is -2.49. The number of hydrogen-bond acceptors (Lipinski definition) is 5. The van der Waals surface area contributed by atoms with Crippen molar-refractivity contribution in [2.75, 3.05) is 19.8 Å². The SMILES string of the molecule is C=C(/C=C\c1scnc1C)[C@@H]1CC2(CCN1)OCCO2. The summed E-state index contributed by atoms with van der Waals surface area (Å²) in [6.07, 6.45) is 5.91. The molecule has 3 rings (SSSR count). The number of rotatable bonds is 3. The Balaban J connectivity index is 1.65. The van der Waals surface area contributed by atoms with Crippen molar-refractivity contribution in [2.24, 2.45) is 0 Å². The summed E-state index contributed by atoms with van der Waals surface area (Å²) in [6.45, 7) is 8.51. The molecule has 3 heterocycles. The van der Waals surface area contributed by atoms with Crippen molar-refractivity contribution in [1.82, 2.24) is 10.3 Å². The van der Waals surface area contributed by atoms with Crippen molar-refractivity contribution in [3.8, 4) is 0 Å². The number of aryl methyl sites for hydroxylation is 1. The number of nitrogens with zero attached hydrogens (tertiary/aromatic N) is 1. The Morgan fingerprint density at radius 3 is 3.05 bits per heavy atom. The second kappa shape index (κ2) is 5.77. The second-order valence-electron chi connectivity index (χ2n) is 5.28. The van der Waals surface area contributed by atoms with E-state index in [2.05, 4.69) is 29.0 Å². The Morgan fingerprint density at radius 2 is 2.35 bits per heavy atom. The van der Waals surface area contributed by atoms with E-state index in [-0.39, 0.29) is 11.8 Å². The number of nitrogens with one attached hydrogen (secondary N) is 1. The fourth-order valence-corrected chi connectivity index (χ4v) is 3.41. The van der Waals surface area contributed by atoms with E-state index in [0.29, 0.717) is 13.2 Å². The number of aromatic nitrogens is 1. The van der Waals surface area contributed by atoms with Gasteiger partial charge < -0.3 is 14.8 Å². The van der Waals surface area contributed by atoms with E-state index < -0.39 is 0 Å². The van der Waals surface area contributed by atoms with Crippen LogP contribution in [-0.4, -0.2) is 36.6 Å². The molecule has 2 fully saturated rings. The molecular weight excluding hydrogens is 272 g/mol. The lowest BCUT2D eigenvalue weighted by molar-refractivity contribution is -0.177. The first-order chi connectivity index (χ1) is 9.69. The fourth-order valence-electron chi connectivity index (χ4n) is 2.71. The Kier molecular flexibility index (Phi) is 4.03. The van der Waals surface area contributed by atoms with Crippen LogP contribution in [0.5, 0.6) is 0 Å². The highest BCUT2D eigenvalue weighted by Gasteiger charge is 2.41. The molecular formula is C15H20N2O2S. The lowest BCUT2D eigenvalue weighted by Gasteiger charge is -2.37. The molecule has 20 heavy (non-hydrogen) atoms. The molecule has 0 radical (unpaired) electrons. The van der Waals surface area contributed by atoms with Gasteiger partial charge in [0.05, 0.1) is 24.4 Å². The maximum Gasteiger partial charge on any atom is 0.171 e. The van der Waals surface area contributed by atoms with Gasteiger partial charge in [-0.3, -0.25) is 0 Å². The summed E-state index contributed by atoms with van der Waals surface area (Å²) < 4.78 is 11.6. The topological polar surface area (TPSA) is 43.4 Å². The number of piperidine rings is 1. The molecule has 5 heteroatoms. The molecule has 1 atom stereocenters. The first kappa shape index (κ1) is 13.9. The molecule has 2 aliphatic rings. The number of ether oxygens (including phenoxy) is 2. The highest BCUT2D eigenvalue weighted by atomic mass is 32.1. The average molecular weight is 292 g/mol. The van der Waals surface area contributed by atoms with Crippen LogP contribution >= 0.6 is 11.3 Å². The molecule has 1 aromatic heterocycles. The quantitative estimate of drug-likeness (QED) is 0.869. The normalized spacial score (nSPS) is 25.6. The summed E-state index contributed by atoms with van der Waals surface area (Å²) in [6, 6.07) is 0.214. The Morgan fingerprint density at radius 1 is 1.55 bits per heavy atom. The van der Waals surface area contributed by atoms with Gasteiger partial charge in [0.1, 0.15) is 0 Å². The monoisotopic (exact) mass is 292 g/mol. The second-order valence-corrected chi connectivity index (χ2v) is 6.17. The minimum Gasteiger partial charge on any atom is -0.347 e. The average Bonchev–Trinajstić information content (AvgIpc) is 3.06. The van der Waals surface area contributed by atoms with Gasteiger partial charge in [-0.15, -0.1) is 11.3 Å². The van der Waals surface area contributed by atoms with Crippen LogP contribution in [0, 0.1) is 6.92 Å². The molecule has 0 unspecified atom stereocenters. The van der Waals surface area contributed by atoms with Gasteiger partial charge in [0.25, 0.3) is 0 Å². The predicted octanol–water partition coefficient (Wildman–Crippen LogP) is 2.52. The van der Waals surface area contributed by atoms with Crippen molar-refractivity contribution in [2.45, 2.75) is 31.6 Å². The van der Waals surface area contributed by atoms with Crippen LogP contribution in [0.25, 0.3) is 6.08 Å². The van der Waals surface area contributed by atoms with Gasteiger partial charge in [-0.05, 0) is 18.6 Å². The molecule has 0 saturated carbocycles. The third-order valence-electron chi connectivity index (χ3n) is 3.90. The molecule has 108 valence electrons. The first-order valence-corrected chi connectivity index (χ1v) is 7.85. The van der Waals surface area contributed by atoms with E-state index in [4.69, 9.17) is 9.47 Å². The third-order valence-corrected chi connectivity index (χ3v) is 4.80. The molecule has 0 aliphatic carbocycles. The summed E-state index contributed by atoms with van der Waals surface area (Å²) >= 11 is 1.65. The van der Waals surface area contributed by atoms with Crippen LogP contribution in [0.1, 0.15) is 23.4 Å². The maximum absolute atomic E-state index is 5.80. The van der Waals surface area contributed by atoms with Gasteiger partial charge in [-0.1, -0.05) is 12.7 Å². The molecule has 0 bridgehead atoms. The van der Waals surface area contributed by atoms with E-state index in [0.717, 1.165) is 30.7 Å². The zero-order valence-corrected chi connectivity index (χ0v) is 12.5. The van der Waals surface area contributed by atoms with Crippen LogP contribution in [0.3, 0.4) is 0 Å². The predicted molar refractivity (Wildman–Crippen MR) is 80.7 cm³/mol.